The minimum atomic E-state index is -3.85. The number of carbonyl (C=O) groups is 1. The maximum absolute atomic E-state index is 13.0. The van der Waals surface area contributed by atoms with Gasteiger partial charge in [0.05, 0.1) is 17.2 Å². The minimum Gasteiger partial charge on any atom is -0.494 e. The van der Waals surface area contributed by atoms with Gasteiger partial charge in [0.2, 0.25) is 0 Å². The van der Waals surface area contributed by atoms with Crippen LogP contribution in [0.1, 0.15) is 23.7 Å². The lowest BCUT2D eigenvalue weighted by Gasteiger charge is -2.12. The molecule has 0 fully saturated rings. The number of anilines is 2. The summed E-state index contributed by atoms with van der Waals surface area (Å²) in [5.41, 5.74) is 1.52. The van der Waals surface area contributed by atoms with E-state index in [9.17, 15) is 13.2 Å². The van der Waals surface area contributed by atoms with E-state index < -0.39 is 10.0 Å². The van der Waals surface area contributed by atoms with Gasteiger partial charge in [0, 0.05) is 28.1 Å². The first-order chi connectivity index (χ1) is 13.0. The van der Waals surface area contributed by atoms with Crippen LogP contribution in [0, 0.1) is 0 Å². The Balaban J connectivity index is 1.74. The third kappa shape index (κ3) is 3.10. The first-order valence-electron chi connectivity index (χ1n) is 8.62. The van der Waals surface area contributed by atoms with Crippen LogP contribution in [-0.4, -0.2) is 20.9 Å². The molecule has 0 unspecified atom stereocenters. The van der Waals surface area contributed by atoms with Gasteiger partial charge in [0.25, 0.3) is 15.9 Å². The van der Waals surface area contributed by atoms with Crippen molar-refractivity contribution in [2.75, 3.05) is 16.6 Å². The first kappa shape index (κ1) is 17.4. The van der Waals surface area contributed by atoms with Gasteiger partial charge in [-0.05, 0) is 36.8 Å². The molecule has 1 aliphatic rings. The Hall–Kier alpha value is -3.06. The van der Waals surface area contributed by atoms with Crippen molar-refractivity contribution in [1.29, 1.82) is 0 Å². The third-order valence-corrected chi connectivity index (χ3v) is 5.78. The monoisotopic (exact) mass is 382 g/mol. The van der Waals surface area contributed by atoms with Crippen LogP contribution in [0.3, 0.4) is 0 Å². The maximum atomic E-state index is 13.0. The minimum absolute atomic E-state index is 0.125. The molecule has 1 heterocycles. The molecule has 7 heteroatoms. The fourth-order valence-electron chi connectivity index (χ4n) is 3.18. The summed E-state index contributed by atoms with van der Waals surface area (Å²) in [6.07, 6.45) is 0.864. The second-order valence-electron chi connectivity index (χ2n) is 6.28. The van der Waals surface area contributed by atoms with E-state index in [1.54, 1.807) is 48.5 Å². The molecule has 2 N–H and O–H groups in total. The number of amides is 1. The summed E-state index contributed by atoms with van der Waals surface area (Å²) in [5, 5.41) is 3.89. The first-order valence-corrected chi connectivity index (χ1v) is 10.1. The van der Waals surface area contributed by atoms with Gasteiger partial charge < -0.3 is 10.1 Å². The van der Waals surface area contributed by atoms with E-state index in [2.05, 4.69) is 10.0 Å². The zero-order chi connectivity index (χ0) is 19.0. The van der Waals surface area contributed by atoms with Gasteiger partial charge in [-0.15, -0.1) is 0 Å². The molecule has 0 saturated heterocycles. The molecule has 3 aromatic carbocycles. The zero-order valence-electron chi connectivity index (χ0n) is 14.7. The predicted octanol–water partition coefficient (Wildman–Crippen LogP) is 4.00. The summed E-state index contributed by atoms with van der Waals surface area (Å²) in [5.74, 6) is 0.381. The highest BCUT2D eigenvalue weighted by atomic mass is 32.2. The average molecular weight is 382 g/mol. The normalized spacial score (nSPS) is 12.9. The van der Waals surface area contributed by atoms with Crippen LogP contribution in [0.15, 0.2) is 59.5 Å². The van der Waals surface area contributed by atoms with Crippen LogP contribution in [0.4, 0.5) is 11.4 Å². The topological polar surface area (TPSA) is 84.5 Å². The molecule has 0 atom stereocenters. The predicted molar refractivity (Wildman–Crippen MR) is 105 cm³/mol. The Labute approximate surface area is 157 Å². The van der Waals surface area contributed by atoms with E-state index in [-0.39, 0.29) is 10.8 Å². The van der Waals surface area contributed by atoms with Gasteiger partial charge in [0.15, 0.2) is 0 Å². The summed E-state index contributed by atoms with van der Waals surface area (Å²) in [6.45, 7) is 2.56. The SMILES string of the molecule is CCCOc1cccc(NS(=O)(=O)c2ccc3c4c(cccc24)C(=O)N3)c1. The van der Waals surface area contributed by atoms with Crippen molar-refractivity contribution in [3.8, 4) is 5.75 Å². The van der Waals surface area contributed by atoms with Crippen molar-refractivity contribution >= 4 is 38.1 Å². The third-order valence-electron chi connectivity index (χ3n) is 4.34. The number of benzene rings is 3. The molecule has 1 aliphatic heterocycles. The van der Waals surface area contributed by atoms with Gasteiger partial charge in [-0.1, -0.05) is 25.1 Å². The fraction of sp³-hybridized carbons (Fsp3) is 0.150. The lowest BCUT2D eigenvalue weighted by atomic mass is 10.1. The standard InChI is InChI=1S/C20H18N2O4S/c1-2-11-26-14-6-3-5-13(12-14)22-27(24,25)18-10-9-17-19-15(18)7-4-8-16(19)20(23)21-17/h3-10,12,22H,2,11H2,1H3,(H,21,23). The highest BCUT2D eigenvalue weighted by Crippen LogP contribution is 2.37. The molecule has 4 rings (SSSR count). The van der Waals surface area contributed by atoms with Crippen molar-refractivity contribution in [2.24, 2.45) is 0 Å². The Morgan fingerprint density at radius 3 is 2.70 bits per heavy atom. The van der Waals surface area contributed by atoms with Crippen LogP contribution in [-0.2, 0) is 10.0 Å². The molecule has 0 spiro atoms. The second kappa shape index (κ2) is 6.59. The molecule has 3 aromatic rings. The van der Waals surface area contributed by atoms with E-state index in [0.29, 0.717) is 40.1 Å². The highest BCUT2D eigenvalue weighted by molar-refractivity contribution is 7.93. The van der Waals surface area contributed by atoms with Gasteiger partial charge in [0.1, 0.15) is 5.75 Å². The number of sulfonamides is 1. The molecule has 0 aliphatic carbocycles. The van der Waals surface area contributed by atoms with Crippen LogP contribution in [0.5, 0.6) is 5.75 Å². The molecular weight excluding hydrogens is 364 g/mol. The number of ether oxygens (including phenoxy) is 1. The Bertz CT molecular complexity index is 1160. The van der Waals surface area contributed by atoms with Crippen molar-refractivity contribution in [2.45, 2.75) is 18.2 Å². The quantitative estimate of drug-likeness (QED) is 0.675. The number of nitrogens with one attached hydrogen (secondary N) is 2. The highest BCUT2D eigenvalue weighted by Gasteiger charge is 2.26. The zero-order valence-corrected chi connectivity index (χ0v) is 15.5. The summed E-state index contributed by atoms with van der Waals surface area (Å²) in [7, 11) is -3.85. The summed E-state index contributed by atoms with van der Waals surface area (Å²) >= 11 is 0. The molecular formula is C20H18N2O4S. The lowest BCUT2D eigenvalue weighted by Crippen LogP contribution is -2.13. The molecule has 0 radical (unpaired) electrons. The number of carbonyl (C=O) groups excluding carboxylic acids is 1. The lowest BCUT2D eigenvalue weighted by molar-refractivity contribution is 0.103. The largest absolute Gasteiger partial charge is 0.494 e. The van der Waals surface area contributed by atoms with Crippen LogP contribution < -0.4 is 14.8 Å². The maximum Gasteiger partial charge on any atom is 0.262 e. The van der Waals surface area contributed by atoms with Crippen LogP contribution in [0.2, 0.25) is 0 Å². The van der Waals surface area contributed by atoms with E-state index in [1.807, 2.05) is 6.92 Å². The summed E-state index contributed by atoms with van der Waals surface area (Å²) in [4.78, 5) is 12.2. The molecule has 27 heavy (non-hydrogen) atoms. The number of hydrogen-bond acceptors (Lipinski definition) is 4. The van der Waals surface area contributed by atoms with Crippen LogP contribution in [0.25, 0.3) is 10.8 Å². The molecule has 1 amide bonds. The summed E-state index contributed by atoms with van der Waals surface area (Å²) in [6, 6.07) is 15.0. The molecule has 6 nitrogen and oxygen atoms in total. The van der Waals surface area contributed by atoms with Crippen LogP contribution >= 0.6 is 0 Å². The van der Waals surface area contributed by atoms with Gasteiger partial charge in [-0.3, -0.25) is 9.52 Å². The van der Waals surface area contributed by atoms with Crippen molar-refractivity contribution in [3.63, 3.8) is 0 Å². The smallest absolute Gasteiger partial charge is 0.262 e. The second-order valence-corrected chi connectivity index (χ2v) is 7.93. The van der Waals surface area contributed by atoms with Crippen molar-refractivity contribution in [3.05, 3.63) is 60.2 Å². The van der Waals surface area contributed by atoms with E-state index in [0.717, 1.165) is 6.42 Å². The Morgan fingerprint density at radius 2 is 1.89 bits per heavy atom. The fourth-order valence-corrected chi connectivity index (χ4v) is 4.43. The molecule has 0 aromatic heterocycles. The number of rotatable bonds is 6. The molecule has 138 valence electrons. The van der Waals surface area contributed by atoms with Gasteiger partial charge >= 0.3 is 0 Å². The van der Waals surface area contributed by atoms with E-state index in [4.69, 9.17) is 4.74 Å². The average Bonchev–Trinajstić information content (AvgIpc) is 2.98. The summed E-state index contributed by atoms with van der Waals surface area (Å²) < 4.78 is 34.2. The number of hydrogen-bond donors (Lipinski definition) is 2. The van der Waals surface area contributed by atoms with Gasteiger partial charge in [-0.2, -0.15) is 0 Å². The van der Waals surface area contributed by atoms with E-state index in [1.165, 1.54) is 6.07 Å². The van der Waals surface area contributed by atoms with Gasteiger partial charge in [-0.25, -0.2) is 8.42 Å². The van der Waals surface area contributed by atoms with Crippen molar-refractivity contribution in [1.82, 2.24) is 0 Å². The Kier molecular flexibility index (Phi) is 4.24. The van der Waals surface area contributed by atoms with E-state index >= 15 is 0 Å². The molecule has 0 saturated carbocycles. The Morgan fingerprint density at radius 1 is 1.07 bits per heavy atom. The van der Waals surface area contributed by atoms with Crippen molar-refractivity contribution < 1.29 is 17.9 Å². The molecule has 0 bridgehead atoms.